The van der Waals surface area contributed by atoms with Crippen LogP contribution in [0.5, 0.6) is 0 Å². The van der Waals surface area contributed by atoms with Gasteiger partial charge >= 0.3 is 51.2 Å². The number of esters is 1. The monoisotopic (exact) mass is 386 g/mol. The molecule has 0 spiro atoms. The third-order valence-corrected chi connectivity index (χ3v) is 1.93. The predicted octanol–water partition coefficient (Wildman–Crippen LogP) is 2.14. The van der Waals surface area contributed by atoms with Gasteiger partial charge in [-0.3, -0.25) is 9.59 Å². The number of hydrogen-bond donors (Lipinski definition) is 0. The zero-order valence-electron chi connectivity index (χ0n) is 13.3. The molecule has 0 saturated carbocycles. The Morgan fingerprint density at radius 1 is 0.920 bits per heavy atom. The first-order chi connectivity index (χ1) is 11.6. The van der Waals surface area contributed by atoms with E-state index in [0.29, 0.717) is 0 Å². The van der Waals surface area contributed by atoms with Crippen molar-refractivity contribution >= 4 is 11.8 Å². The van der Waals surface area contributed by atoms with Crippen molar-refractivity contribution in [3.05, 3.63) is 75.3 Å². The molecule has 1 unspecified atom stereocenters. The number of rotatable bonds is 5. The maximum Gasteiger partial charge on any atom is 0 e. The van der Waals surface area contributed by atoms with Crippen molar-refractivity contribution in [3.63, 3.8) is 0 Å². The molecule has 0 N–H and O–H groups in total. The molecule has 0 heterocycles. The Kier molecular flexibility index (Phi) is 40.8. The van der Waals surface area contributed by atoms with Gasteiger partial charge in [0.05, 0.1) is 0 Å². The van der Waals surface area contributed by atoms with Crippen molar-refractivity contribution in [3.8, 4) is 0 Å². The molecule has 1 rings (SSSR count). The molecule has 1 aromatic rings. The van der Waals surface area contributed by atoms with E-state index in [1.807, 2.05) is 30.3 Å². The van der Waals surface area contributed by atoms with Gasteiger partial charge in [0.2, 0.25) is 0 Å². The predicted molar refractivity (Wildman–Crippen MR) is 75.9 cm³/mol. The molecule has 0 bridgehead atoms. The van der Waals surface area contributed by atoms with Crippen molar-refractivity contribution in [2.45, 2.75) is 20.0 Å². The van der Waals surface area contributed by atoms with E-state index in [-0.39, 0.29) is 28.8 Å². The van der Waals surface area contributed by atoms with E-state index in [4.69, 9.17) is 23.3 Å². The number of benzene rings is 1. The minimum absolute atomic E-state index is 0. The third-order valence-electron chi connectivity index (χ3n) is 1.93. The van der Waals surface area contributed by atoms with Gasteiger partial charge in [-0.2, -0.15) is 0 Å². The Balaban J connectivity index is -0.000000130. The van der Waals surface area contributed by atoms with E-state index >= 15 is 0 Å². The average molecular weight is 386 g/mol. The van der Waals surface area contributed by atoms with Crippen LogP contribution in [0.4, 0.5) is 0 Å². The summed E-state index contributed by atoms with van der Waals surface area (Å²) in [5, 5.41) is 0. The second kappa shape index (κ2) is 29.8. The van der Waals surface area contributed by atoms with E-state index in [9.17, 15) is 9.59 Å². The standard InChI is InChI=1S/C13H14O3.4CO.Fe/c1-10(14)8-9-13(16-11(2)15)12-6-4-3-5-7-12;4*1-2;/h3-9,13H,1-2H3;;;;;. The number of carbonyl (C=O) groups excluding carboxylic acids is 2. The fourth-order valence-corrected chi connectivity index (χ4v) is 1.26. The Morgan fingerprint density at radius 3 is 1.64 bits per heavy atom. The molecule has 1 atom stereocenters. The number of ketones is 1. The van der Waals surface area contributed by atoms with Gasteiger partial charge in [0.15, 0.2) is 0 Å². The van der Waals surface area contributed by atoms with Gasteiger partial charge in [0.1, 0.15) is 11.9 Å². The van der Waals surface area contributed by atoms with Crippen LogP contribution in [-0.2, 0) is 50.0 Å². The van der Waals surface area contributed by atoms with Gasteiger partial charge in [-0.15, -0.1) is 0 Å². The first-order valence-electron chi connectivity index (χ1n) is 5.82. The van der Waals surface area contributed by atoms with Gasteiger partial charge in [0, 0.05) is 36.8 Å². The molecule has 132 valence electrons. The summed E-state index contributed by atoms with van der Waals surface area (Å²) in [6.45, 7) is 20.8. The summed E-state index contributed by atoms with van der Waals surface area (Å²) >= 11 is 0. The molecule has 0 aliphatic rings. The topological polar surface area (TPSA) is 123 Å². The van der Waals surface area contributed by atoms with Crippen molar-refractivity contribution in [1.82, 2.24) is 0 Å². The minimum atomic E-state index is -0.498. The molecule has 1 aromatic carbocycles. The molecule has 0 fully saturated rings. The number of carbonyl (C=O) groups is 2. The summed E-state index contributed by atoms with van der Waals surface area (Å²) in [7, 11) is 0. The fraction of sp³-hybridized carbons (Fsp3) is 0.176. The first kappa shape index (κ1) is 34.2. The Hall–Kier alpha value is -2.16. The number of hydrogen-bond acceptors (Lipinski definition) is 3. The summed E-state index contributed by atoms with van der Waals surface area (Å²) in [5.41, 5.74) is 0.843. The maximum absolute atomic E-state index is 10.9. The average Bonchev–Trinajstić information content (AvgIpc) is 2.65. The molecule has 25 heavy (non-hydrogen) atoms. The molecule has 0 saturated heterocycles. The summed E-state index contributed by atoms with van der Waals surface area (Å²) in [5.74, 6) is -0.449. The van der Waals surface area contributed by atoms with Crippen LogP contribution < -0.4 is 0 Å². The van der Waals surface area contributed by atoms with Crippen LogP contribution >= 0.6 is 0 Å². The molecule has 2 radical (unpaired) electrons. The molecule has 0 aliphatic carbocycles. The second-order valence-electron chi connectivity index (χ2n) is 3.41. The van der Waals surface area contributed by atoms with E-state index in [0.717, 1.165) is 5.56 Å². The first-order valence-corrected chi connectivity index (χ1v) is 5.82. The maximum atomic E-state index is 10.9. The van der Waals surface area contributed by atoms with Crippen LogP contribution in [0.2, 0.25) is 0 Å². The number of Topliss-reactive ketones (excluding diaryl/α,β-unsaturated/α-hetero) is 1. The van der Waals surface area contributed by atoms with Crippen molar-refractivity contribution in [2.75, 3.05) is 0 Å². The van der Waals surface area contributed by atoms with Crippen LogP contribution in [0.25, 0.3) is 0 Å². The fourth-order valence-electron chi connectivity index (χ4n) is 1.26. The van der Waals surface area contributed by atoms with E-state index in [1.54, 1.807) is 6.42 Å². The van der Waals surface area contributed by atoms with Crippen LogP contribution in [0.3, 0.4) is 0 Å². The van der Waals surface area contributed by atoms with Crippen LogP contribution in [0.1, 0.15) is 25.5 Å². The molecule has 0 aromatic heterocycles. The molecule has 0 aliphatic heterocycles. The minimum Gasteiger partial charge on any atom is 0 e. The largest absolute Gasteiger partial charge is 0 e. The molecule has 7 nitrogen and oxygen atoms in total. The zero-order valence-corrected chi connectivity index (χ0v) is 14.4. The van der Waals surface area contributed by atoms with E-state index in [1.165, 1.54) is 20.3 Å². The molecular formula is C17H14FeO7. The Bertz CT molecular complexity index is 494. The Labute approximate surface area is 157 Å². The number of ether oxygens (including phenoxy) is 1. The molecule has 0 amide bonds. The zero-order chi connectivity index (χ0) is 20.0. The SMILES string of the molecule is CC(=O)[CH][CH]C(OC(C)=O)c1ccccc1.[C-]#[O+].[C-]#[O+].[C-]#[O+].[C-]#[O+].[Fe]. The smallest absolute Gasteiger partial charge is 0 e. The summed E-state index contributed by atoms with van der Waals surface area (Å²) in [4.78, 5) is 21.8. The van der Waals surface area contributed by atoms with Crippen LogP contribution in [0, 0.1) is 39.4 Å². The van der Waals surface area contributed by atoms with Gasteiger partial charge in [-0.25, -0.2) is 0 Å². The van der Waals surface area contributed by atoms with E-state index in [2.05, 4.69) is 26.6 Å². The van der Waals surface area contributed by atoms with Crippen LogP contribution in [-0.4, -0.2) is 11.8 Å². The van der Waals surface area contributed by atoms with E-state index < -0.39 is 6.10 Å². The van der Waals surface area contributed by atoms with Crippen molar-refractivity contribution in [1.29, 1.82) is 0 Å². The quantitative estimate of drug-likeness (QED) is 0.333. The van der Waals surface area contributed by atoms with Crippen molar-refractivity contribution in [2.24, 2.45) is 0 Å². The van der Waals surface area contributed by atoms with Gasteiger partial charge in [-0.1, -0.05) is 30.3 Å². The van der Waals surface area contributed by atoms with Crippen molar-refractivity contribution < 1.29 is 50.0 Å². The molecular weight excluding hydrogens is 372 g/mol. The van der Waals surface area contributed by atoms with Gasteiger partial charge in [-0.05, 0) is 12.5 Å². The normalized spacial score (nSPS) is 7.92. The summed E-state index contributed by atoms with van der Waals surface area (Å²) in [6.07, 6.45) is 2.49. The van der Waals surface area contributed by atoms with Gasteiger partial charge in [0.25, 0.3) is 0 Å². The Morgan fingerprint density at radius 2 is 1.32 bits per heavy atom. The summed E-state index contributed by atoms with van der Waals surface area (Å²) in [6, 6.07) is 9.28. The summed E-state index contributed by atoms with van der Waals surface area (Å²) < 4.78 is 35.1. The van der Waals surface area contributed by atoms with Crippen LogP contribution in [0.15, 0.2) is 30.3 Å². The third kappa shape index (κ3) is 24.2. The molecule has 8 heteroatoms. The van der Waals surface area contributed by atoms with Gasteiger partial charge < -0.3 is 4.74 Å². The second-order valence-corrected chi connectivity index (χ2v) is 3.41.